The highest BCUT2D eigenvalue weighted by atomic mass is 16.3. The minimum atomic E-state index is 0.0580. The number of carbonyl (C=O) groups is 1. The lowest BCUT2D eigenvalue weighted by molar-refractivity contribution is -0.127. The summed E-state index contributed by atoms with van der Waals surface area (Å²) in [5, 5.41) is 2.93. The van der Waals surface area contributed by atoms with E-state index in [4.69, 9.17) is 4.42 Å². The van der Waals surface area contributed by atoms with Gasteiger partial charge in [-0.3, -0.25) is 9.69 Å². The van der Waals surface area contributed by atoms with E-state index in [9.17, 15) is 4.79 Å². The maximum Gasteiger partial charge on any atom is 0.234 e. The Morgan fingerprint density at radius 3 is 2.85 bits per heavy atom. The molecule has 2 atom stereocenters. The lowest BCUT2D eigenvalue weighted by Crippen LogP contribution is -2.70. The van der Waals surface area contributed by atoms with Crippen molar-refractivity contribution in [2.24, 2.45) is 0 Å². The van der Waals surface area contributed by atoms with Gasteiger partial charge in [0.1, 0.15) is 17.9 Å². The largest absolute Gasteiger partial charge is 0.467 e. The van der Waals surface area contributed by atoms with Crippen molar-refractivity contribution in [3.8, 4) is 0 Å². The van der Waals surface area contributed by atoms with E-state index < -0.39 is 0 Å². The highest BCUT2D eigenvalue weighted by molar-refractivity contribution is 5.78. The van der Waals surface area contributed by atoms with Gasteiger partial charge in [0.05, 0.1) is 19.4 Å². The Kier molecular flexibility index (Phi) is 3.89. The molecule has 1 amide bonds. The first-order chi connectivity index (χ1) is 12.8. The molecule has 2 bridgehead atoms. The molecule has 4 aliphatic rings. The smallest absolute Gasteiger partial charge is 0.234 e. The van der Waals surface area contributed by atoms with Crippen molar-refractivity contribution in [2.45, 2.75) is 43.8 Å². The number of nitrogens with zero attached hydrogens (tertiary/aromatic N) is 4. The summed E-state index contributed by atoms with van der Waals surface area (Å²) in [6.07, 6.45) is 6.99. The van der Waals surface area contributed by atoms with E-state index in [1.54, 1.807) is 12.6 Å². The minimum absolute atomic E-state index is 0.0580. The van der Waals surface area contributed by atoms with Gasteiger partial charge in [-0.1, -0.05) is 0 Å². The first kappa shape index (κ1) is 15.8. The maximum absolute atomic E-state index is 12.2. The number of fused-ring (bicyclic) bond motifs is 2. The Hall–Kier alpha value is -2.41. The third kappa shape index (κ3) is 3.07. The van der Waals surface area contributed by atoms with Crippen LogP contribution in [0.3, 0.4) is 0 Å². The van der Waals surface area contributed by atoms with E-state index in [1.165, 1.54) is 25.0 Å². The van der Waals surface area contributed by atoms with E-state index >= 15 is 0 Å². The maximum atomic E-state index is 12.2. The van der Waals surface area contributed by atoms with Crippen molar-refractivity contribution >= 4 is 11.7 Å². The van der Waals surface area contributed by atoms with Gasteiger partial charge in [-0.2, -0.15) is 0 Å². The fourth-order valence-corrected chi connectivity index (χ4v) is 4.09. The number of anilines is 1. The van der Waals surface area contributed by atoms with Crippen LogP contribution in [0.2, 0.25) is 0 Å². The molecule has 4 fully saturated rings. The van der Waals surface area contributed by atoms with Crippen LogP contribution in [0.15, 0.2) is 35.2 Å². The molecule has 2 aromatic rings. The van der Waals surface area contributed by atoms with Gasteiger partial charge in [-0.25, -0.2) is 9.97 Å². The van der Waals surface area contributed by atoms with E-state index in [1.807, 2.05) is 12.1 Å². The highest BCUT2D eigenvalue weighted by Gasteiger charge is 2.45. The number of piperazine rings is 1. The lowest BCUT2D eigenvalue weighted by atomic mass is 9.87. The Morgan fingerprint density at radius 1 is 1.27 bits per heavy atom. The molecule has 1 saturated carbocycles. The molecule has 0 aromatic carbocycles. The number of amides is 1. The zero-order valence-corrected chi connectivity index (χ0v) is 14.7. The van der Waals surface area contributed by atoms with Crippen LogP contribution in [-0.2, 0) is 11.3 Å². The molecule has 0 spiro atoms. The Bertz CT molecular complexity index is 777. The van der Waals surface area contributed by atoms with E-state index in [2.05, 4.69) is 31.2 Å². The van der Waals surface area contributed by atoms with Crippen LogP contribution in [0.1, 0.15) is 36.6 Å². The topological polar surface area (TPSA) is 74.5 Å². The zero-order valence-electron chi connectivity index (χ0n) is 14.7. The number of carbonyl (C=O) groups excluding carboxylic acids is 1. The van der Waals surface area contributed by atoms with Crippen LogP contribution in [0.5, 0.6) is 0 Å². The van der Waals surface area contributed by atoms with Gasteiger partial charge in [0.15, 0.2) is 0 Å². The summed E-state index contributed by atoms with van der Waals surface area (Å²) in [5.74, 6) is 2.52. The second kappa shape index (κ2) is 6.39. The molecule has 7 heteroatoms. The van der Waals surface area contributed by atoms with E-state index in [0.29, 0.717) is 31.1 Å². The van der Waals surface area contributed by atoms with Crippen LogP contribution in [-0.4, -0.2) is 52.5 Å². The molecule has 1 N–H and O–H groups in total. The fourth-order valence-electron chi connectivity index (χ4n) is 4.09. The molecule has 0 radical (unpaired) electrons. The van der Waals surface area contributed by atoms with Gasteiger partial charge < -0.3 is 14.6 Å². The summed E-state index contributed by atoms with van der Waals surface area (Å²) in [6, 6.07) is 6.72. The summed E-state index contributed by atoms with van der Waals surface area (Å²) < 4.78 is 5.25. The average molecular weight is 353 g/mol. The van der Waals surface area contributed by atoms with Crippen molar-refractivity contribution in [2.75, 3.05) is 24.5 Å². The van der Waals surface area contributed by atoms with Gasteiger partial charge in [0, 0.05) is 42.9 Å². The zero-order chi connectivity index (χ0) is 17.5. The second-order valence-corrected chi connectivity index (χ2v) is 7.55. The number of hydrogen-bond acceptors (Lipinski definition) is 6. The van der Waals surface area contributed by atoms with E-state index in [-0.39, 0.29) is 5.91 Å². The number of rotatable bonds is 6. The molecule has 2 aromatic heterocycles. The number of hydrogen-bond donors (Lipinski definition) is 1. The third-order valence-corrected chi connectivity index (χ3v) is 5.70. The molecule has 1 aliphatic carbocycles. The predicted molar refractivity (Wildman–Crippen MR) is 95.7 cm³/mol. The fraction of sp³-hybridized carbons (Fsp3) is 0.526. The van der Waals surface area contributed by atoms with Gasteiger partial charge in [0.25, 0.3) is 0 Å². The first-order valence-electron chi connectivity index (χ1n) is 9.38. The molecule has 136 valence electrons. The normalized spacial score (nSPS) is 25.0. The van der Waals surface area contributed by atoms with Crippen molar-refractivity contribution in [1.82, 2.24) is 20.2 Å². The Balaban J connectivity index is 1.16. The quantitative estimate of drug-likeness (QED) is 0.849. The van der Waals surface area contributed by atoms with Crippen LogP contribution < -0.4 is 10.2 Å². The predicted octanol–water partition coefficient (Wildman–Crippen LogP) is 1.53. The van der Waals surface area contributed by atoms with Gasteiger partial charge in [-0.05, 0) is 31.4 Å². The monoisotopic (exact) mass is 353 g/mol. The minimum Gasteiger partial charge on any atom is -0.467 e. The molecule has 3 saturated heterocycles. The number of aromatic nitrogens is 2. The number of furan rings is 1. The lowest BCUT2D eigenvalue weighted by Gasteiger charge is -2.56. The van der Waals surface area contributed by atoms with Crippen molar-refractivity contribution in [3.05, 3.63) is 42.2 Å². The Labute approximate surface area is 152 Å². The molecular formula is C19H23N5O2. The van der Waals surface area contributed by atoms with Gasteiger partial charge in [-0.15, -0.1) is 0 Å². The molecule has 5 heterocycles. The average Bonchev–Trinajstić information content (AvgIpc) is 3.40. The number of nitrogens with one attached hydrogen (secondary N) is 1. The molecule has 26 heavy (non-hydrogen) atoms. The molecule has 7 nitrogen and oxygen atoms in total. The van der Waals surface area contributed by atoms with Crippen LogP contribution in [0.25, 0.3) is 0 Å². The Morgan fingerprint density at radius 2 is 2.12 bits per heavy atom. The van der Waals surface area contributed by atoms with Crippen LogP contribution in [0, 0.1) is 0 Å². The van der Waals surface area contributed by atoms with Crippen LogP contribution in [0.4, 0.5) is 5.82 Å². The summed E-state index contributed by atoms with van der Waals surface area (Å²) in [5.41, 5.74) is 1.18. The summed E-state index contributed by atoms with van der Waals surface area (Å²) in [6.45, 7) is 2.78. The molecule has 2 unspecified atom stereocenters. The summed E-state index contributed by atoms with van der Waals surface area (Å²) >= 11 is 0. The first-order valence-corrected chi connectivity index (χ1v) is 9.38. The second-order valence-electron chi connectivity index (χ2n) is 7.55. The van der Waals surface area contributed by atoms with Gasteiger partial charge >= 0.3 is 0 Å². The van der Waals surface area contributed by atoms with E-state index in [0.717, 1.165) is 24.7 Å². The molecule has 6 rings (SSSR count). The van der Waals surface area contributed by atoms with Crippen molar-refractivity contribution < 1.29 is 9.21 Å². The molecule has 3 aliphatic heterocycles. The third-order valence-electron chi connectivity index (χ3n) is 5.70. The summed E-state index contributed by atoms with van der Waals surface area (Å²) in [7, 11) is 0. The number of piperidine rings is 1. The summed E-state index contributed by atoms with van der Waals surface area (Å²) in [4.78, 5) is 25.8. The van der Waals surface area contributed by atoms with Crippen molar-refractivity contribution in [1.29, 1.82) is 0 Å². The molecular weight excluding hydrogens is 330 g/mol. The standard InChI is InChI=1S/C19H23N5O2/c25-19(20-8-16-2-1-5-26-16)11-24-14-6-15(24)10-23(9-14)18-7-17(13-3-4-13)21-12-22-18/h1-2,5,7,12-15H,3-4,6,8-11H2,(H,20,25). The highest BCUT2D eigenvalue weighted by Crippen LogP contribution is 2.40. The van der Waals surface area contributed by atoms with Gasteiger partial charge in [0.2, 0.25) is 5.91 Å². The van der Waals surface area contributed by atoms with Crippen molar-refractivity contribution in [3.63, 3.8) is 0 Å². The SMILES string of the molecule is O=C(CN1C2CC1CN(c1cc(C3CC3)ncn1)C2)NCc1ccco1. The van der Waals surface area contributed by atoms with Crippen LogP contribution >= 0.6 is 0 Å².